The Morgan fingerprint density at radius 1 is 1.12 bits per heavy atom. The number of nitrogens with zero attached hydrogens (tertiary/aromatic N) is 1. The molecule has 4 unspecified atom stereocenters. The van der Waals surface area contributed by atoms with Gasteiger partial charge in [0.2, 0.25) is 22.7 Å². The van der Waals surface area contributed by atoms with E-state index >= 15 is 0 Å². The molecule has 4 atom stereocenters. The molecule has 3 nitrogen and oxygen atoms in total. The monoisotopic (exact) mass is 280 g/mol. The molecule has 0 aromatic rings. The van der Waals surface area contributed by atoms with Crippen LogP contribution in [0.3, 0.4) is 0 Å². The van der Waals surface area contributed by atoms with Crippen LogP contribution >= 0.6 is 22.7 Å². The van der Waals surface area contributed by atoms with Crippen molar-refractivity contribution in [2.75, 3.05) is 32.2 Å². The van der Waals surface area contributed by atoms with Gasteiger partial charge in [-0.1, -0.05) is 0 Å². The summed E-state index contributed by atoms with van der Waals surface area (Å²) in [5, 5.41) is 0. The number of hydrogen-bond donors (Lipinski definition) is 2. The van der Waals surface area contributed by atoms with Crippen molar-refractivity contribution < 1.29 is 0 Å². The van der Waals surface area contributed by atoms with Crippen molar-refractivity contribution in [2.45, 2.75) is 32.1 Å². The highest BCUT2D eigenvalue weighted by Gasteiger charge is 2.88. The molecule has 3 rings (SSSR count). The summed E-state index contributed by atoms with van der Waals surface area (Å²) in [6, 6.07) is 0. The maximum absolute atomic E-state index is 4.11. The van der Waals surface area contributed by atoms with Crippen molar-refractivity contribution in [1.82, 2.24) is 14.2 Å². The first kappa shape index (κ1) is 12.2. The van der Waals surface area contributed by atoms with Gasteiger partial charge in [0.05, 0.1) is 19.9 Å². The molecule has 6 heteroatoms. The normalized spacial score (nSPS) is 60.6. The van der Waals surface area contributed by atoms with E-state index in [1.165, 1.54) is 18.5 Å². The van der Waals surface area contributed by atoms with Gasteiger partial charge in [0, 0.05) is 0 Å². The van der Waals surface area contributed by atoms with Crippen molar-refractivity contribution in [3.8, 4) is 0 Å². The van der Waals surface area contributed by atoms with Gasteiger partial charge in [0.1, 0.15) is 23.6 Å². The third-order valence-electron chi connectivity index (χ3n) is 4.73. The van der Waals surface area contributed by atoms with Crippen LogP contribution in [0.2, 0.25) is 0 Å². The van der Waals surface area contributed by atoms with Gasteiger partial charge in [-0.2, -0.15) is 0 Å². The Labute approximate surface area is 101 Å². The lowest BCUT2D eigenvalue weighted by Crippen LogP contribution is -2.38. The molecule has 2 spiro atoms. The topological polar surface area (TPSA) is 27.3 Å². The highest BCUT2D eigenvalue weighted by molar-refractivity contribution is 8.05. The third-order valence-corrected chi connectivity index (χ3v) is 20.8. The van der Waals surface area contributed by atoms with Crippen LogP contribution in [0.4, 0.5) is 0 Å². The Morgan fingerprint density at radius 2 is 1.50 bits per heavy atom. The predicted molar refractivity (Wildman–Crippen MR) is 79.9 cm³/mol. The molecule has 3 aliphatic heterocycles. The molecule has 0 aromatic heterocycles. The number of hydrogen-bond acceptors (Lipinski definition) is 3. The Hall–Kier alpha value is 1.17. The molecule has 3 saturated heterocycles. The van der Waals surface area contributed by atoms with E-state index in [9.17, 15) is 0 Å². The average Bonchev–Trinajstić information content (AvgIpc) is 3.04. The van der Waals surface area contributed by atoms with Crippen LogP contribution in [-0.4, -0.2) is 48.0 Å². The molecule has 0 aromatic carbocycles. The number of rotatable bonds is 1. The zero-order valence-corrected chi connectivity index (χ0v) is 13.7. The smallest absolute Gasteiger partial charge is 0.0347 e. The third kappa shape index (κ3) is 1.43. The van der Waals surface area contributed by atoms with Crippen LogP contribution in [0.25, 0.3) is 0 Å². The molecule has 0 aliphatic carbocycles. The van der Waals surface area contributed by atoms with Gasteiger partial charge >= 0.3 is 0 Å². The lowest BCUT2D eigenvalue weighted by atomic mass is 10.6. The fourth-order valence-electron chi connectivity index (χ4n) is 3.14. The molecule has 0 saturated carbocycles. The standard InChI is InChI=1S/C10H25N3P3/c1-6-14(5)11-15(7-9(15)2)13(4)16(12-14)8-10(16)3/h9-12H,6-8H2,1-5H3/q+3. The fourth-order valence-corrected chi connectivity index (χ4v) is 22.7. The Balaban J connectivity index is 1.94. The van der Waals surface area contributed by atoms with Gasteiger partial charge in [-0.3, -0.25) is 0 Å². The first-order chi connectivity index (χ1) is 7.39. The van der Waals surface area contributed by atoms with Gasteiger partial charge < -0.3 is 0 Å². The second-order valence-electron chi connectivity index (χ2n) is 5.91. The van der Waals surface area contributed by atoms with Gasteiger partial charge in [-0.05, 0) is 34.9 Å². The van der Waals surface area contributed by atoms with Crippen molar-refractivity contribution in [3.63, 3.8) is 0 Å². The minimum atomic E-state index is -1.02. The highest BCUT2D eigenvalue weighted by Crippen LogP contribution is 2.98. The summed E-state index contributed by atoms with van der Waals surface area (Å²) in [4.78, 5) is 8.22. The van der Waals surface area contributed by atoms with Gasteiger partial charge in [-0.15, -0.1) is 0 Å². The maximum atomic E-state index is 4.11. The molecular weight excluding hydrogens is 255 g/mol. The van der Waals surface area contributed by atoms with Crippen molar-refractivity contribution in [3.05, 3.63) is 0 Å². The largest absolute Gasteiger partial charge is 0.238 e. The minimum Gasteiger partial charge on any atom is -0.0347 e. The molecule has 3 aliphatic rings. The minimum absolute atomic E-state index is 0.884. The average molecular weight is 280 g/mol. The molecule has 0 radical (unpaired) electrons. The SMILES string of the molecule is CC[P+]1(C)N[P+]2(CC2C)N(C)[P+]2(CC2C)N1. The molecule has 2 N–H and O–H groups in total. The van der Waals surface area contributed by atoms with E-state index in [0.717, 1.165) is 11.3 Å². The van der Waals surface area contributed by atoms with E-state index in [-0.39, 0.29) is 0 Å². The summed E-state index contributed by atoms with van der Waals surface area (Å²) in [6.45, 7) is 9.74. The van der Waals surface area contributed by atoms with E-state index < -0.39 is 22.7 Å². The van der Waals surface area contributed by atoms with Gasteiger partial charge in [0.15, 0.2) is 0 Å². The van der Waals surface area contributed by atoms with E-state index in [1.807, 2.05) is 0 Å². The summed E-state index contributed by atoms with van der Waals surface area (Å²) < 4.78 is 2.84. The second-order valence-corrected chi connectivity index (χ2v) is 17.8. The van der Waals surface area contributed by atoms with Crippen molar-refractivity contribution in [1.29, 1.82) is 0 Å². The quantitative estimate of drug-likeness (QED) is 0.723. The second kappa shape index (κ2) is 3.38. The fraction of sp³-hybridized carbons (Fsp3) is 1.00. The Bertz CT molecular complexity index is 313. The summed E-state index contributed by atoms with van der Waals surface area (Å²) in [5.41, 5.74) is 1.91. The van der Waals surface area contributed by atoms with Crippen molar-refractivity contribution >= 4 is 22.7 Å². The summed E-state index contributed by atoms with van der Waals surface area (Å²) in [5.74, 6) is 0. The highest BCUT2D eigenvalue weighted by atomic mass is 31.3. The lowest BCUT2D eigenvalue weighted by molar-refractivity contribution is 0.839. The number of nitrogens with one attached hydrogen (secondary N) is 2. The van der Waals surface area contributed by atoms with Crippen LogP contribution < -0.4 is 9.72 Å². The van der Waals surface area contributed by atoms with Crippen LogP contribution in [0.1, 0.15) is 20.8 Å². The van der Waals surface area contributed by atoms with Crippen LogP contribution in [0.15, 0.2) is 0 Å². The summed E-state index contributed by atoms with van der Waals surface area (Å²) in [6.07, 6.45) is 4.24. The Kier molecular flexibility index (Phi) is 2.58. The summed E-state index contributed by atoms with van der Waals surface area (Å²) in [7, 11) is -0.374. The molecule has 16 heavy (non-hydrogen) atoms. The van der Waals surface area contributed by atoms with Gasteiger partial charge in [0.25, 0.3) is 0 Å². The lowest BCUT2D eigenvalue weighted by Gasteiger charge is -2.34. The molecule has 0 bridgehead atoms. The predicted octanol–water partition coefficient (Wildman–Crippen LogP) is 3.11. The molecule has 3 fully saturated rings. The first-order valence-corrected chi connectivity index (χ1v) is 12.7. The van der Waals surface area contributed by atoms with Crippen LogP contribution in [-0.2, 0) is 0 Å². The molecule has 0 amide bonds. The van der Waals surface area contributed by atoms with Crippen molar-refractivity contribution in [2.24, 2.45) is 0 Å². The van der Waals surface area contributed by atoms with Crippen LogP contribution in [0.5, 0.6) is 0 Å². The van der Waals surface area contributed by atoms with E-state index in [2.05, 4.69) is 48.6 Å². The Morgan fingerprint density at radius 3 is 1.75 bits per heavy atom. The molecule has 3 heterocycles. The zero-order chi connectivity index (χ0) is 11.8. The van der Waals surface area contributed by atoms with Crippen LogP contribution in [0, 0.1) is 0 Å². The van der Waals surface area contributed by atoms with Gasteiger partial charge in [-0.25, -0.2) is 0 Å². The zero-order valence-electron chi connectivity index (χ0n) is 11.1. The first-order valence-electron chi connectivity index (χ1n) is 6.33. The molecular formula is C10H25N3P3+3. The molecule has 92 valence electrons. The maximum Gasteiger partial charge on any atom is 0.238 e. The van der Waals surface area contributed by atoms with E-state index in [0.29, 0.717) is 0 Å². The van der Waals surface area contributed by atoms with E-state index in [1.54, 1.807) is 0 Å². The van der Waals surface area contributed by atoms with E-state index in [4.69, 9.17) is 0 Å². The summed E-state index contributed by atoms with van der Waals surface area (Å²) >= 11 is 0.